The van der Waals surface area contributed by atoms with Crippen molar-refractivity contribution >= 4 is 5.69 Å². The molecule has 3 rings (SSSR count). The highest BCUT2D eigenvalue weighted by Gasteiger charge is 2.25. The minimum Gasteiger partial charge on any atom is -0.493 e. The predicted molar refractivity (Wildman–Crippen MR) is 83.2 cm³/mol. The SMILES string of the molecule is CNc1cc2c(c(OC)c1)OC(c1ccc(C)nc1)CC2. The number of fused-ring (bicyclic) bond motifs is 1. The number of hydrogen-bond donors (Lipinski definition) is 1. The molecule has 2 aromatic rings. The van der Waals surface area contributed by atoms with Crippen molar-refractivity contribution in [1.82, 2.24) is 4.98 Å². The van der Waals surface area contributed by atoms with E-state index in [0.29, 0.717) is 0 Å². The molecule has 1 atom stereocenters. The third kappa shape index (κ3) is 2.66. The fraction of sp³-hybridized carbons (Fsp3) is 0.353. The monoisotopic (exact) mass is 284 g/mol. The van der Waals surface area contributed by atoms with Crippen LogP contribution in [0.5, 0.6) is 11.5 Å². The zero-order valence-corrected chi connectivity index (χ0v) is 12.6. The average Bonchev–Trinajstić information content (AvgIpc) is 2.54. The number of pyridine rings is 1. The highest BCUT2D eigenvalue weighted by atomic mass is 16.5. The number of rotatable bonds is 3. The van der Waals surface area contributed by atoms with Crippen LogP contribution < -0.4 is 14.8 Å². The highest BCUT2D eigenvalue weighted by molar-refractivity contribution is 5.59. The molecule has 4 nitrogen and oxygen atoms in total. The molecule has 0 amide bonds. The maximum absolute atomic E-state index is 6.19. The first-order valence-electron chi connectivity index (χ1n) is 7.19. The number of aryl methyl sites for hydroxylation is 2. The minimum atomic E-state index is 0.0416. The summed E-state index contributed by atoms with van der Waals surface area (Å²) in [5.41, 5.74) is 4.37. The van der Waals surface area contributed by atoms with E-state index in [2.05, 4.69) is 22.4 Å². The molecular weight excluding hydrogens is 264 g/mol. The first-order valence-corrected chi connectivity index (χ1v) is 7.19. The molecule has 0 fully saturated rings. The molecule has 2 heterocycles. The Bertz CT molecular complexity index is 621. The van der Waals surface area contributed by atoms with Crippen LogP contribution in [0.15, 0.2) is 30.5 Å². The van der Waals surface area contributed by atoms with Gasteiger partial charge in [-0.25, -0.2) is 0 Å². The summed E-state index contributed by atoms with van der Waals surface area (Å²) in [6.07, 6.45) is 3.87. The Balaban J connectivity index is 1.92. The lowest BCUT2D eigenvalue weighted by molar-refractivity contribution is 0.168. The fourth-order valence-electron chi connectivity index (χ4n) is 2.67. The van der Waals surface area contributed by atoms with Gasteiger partial charge in [0.2, 0.25) is 0 Å². The average molecular weight is 284 g/mol. The van der Waals surface area contributed by atoms with Crippen LogP contribution in [0.25, 0.3) is 0 Å². The van der Waals surface area contributed by atoms with Crippen molar-refractivity contribution in [2.45, 2.75) is 25.9 Å². The molecule has 110 valence electrons. The summed E-state index contributed by atoms with van der Waals surface area (Å²) in [6, 6.07) is 8.21. The zero-order valence-electron chi connectivity index (χ0n) is 12.6. The number of benzene rings is 1. The van der Waals surface area contributed by atoms with Gasteiger partial charge >= 0.3 is 0 Å². The molecule has 1 N–H and O–H groups in total. The van der Waals surface area contributed by atoms with Gasteiger partial charge < -0.3 is 14.8 Å². The lowest BCUT2D eigenvalue weighted by atomic mass is 9.97. The van der Waals surface area contributed by atoms with Gasteiger partial charge in [0.15, 0.2) is 11.5 Å². The minimum absolute atomic E-state index is 0.0416. The predicted octanol–water partition coefficient (Wildman–Crippen LogP) is 3.51. The summed E-state index contributed by atoms with van der Waals surface area (Å²) >= 11 is 0. The van der Waals surface area contributed by atoms with Gasteiger partial charge in [-0.15, -0.1) is 0 Å². The summed E-state index contributed by atoms with van der Waals surface area (Å²) < 4.78 is 11.7. The number of anilines is 1. The van der Waals surface area contributed by atoms with Crippen LogP contribution in [-0.4, -0.2) is 19.1 Å². The van der Waals surface area contributed by atoms with Crippen molar-refractivity contribution < 1.29 is 9.47 Å². The van der Waals surface area contributed by atoms with Gasteiger partial charge in [-0.3, -0.25) is 4.98 Å². The number of ether oxygens (including phenoxy) is 2. The molecule has 0 spiro atoms. The van der Waals surface area contributed by atoms with Gasteiger partial charge in [0, 0.05) is 41.8 Å². The van der Waals surface area contributed by atoms with Crippen molar-refractivity contribution in [3.63, 3.8) is 0 Å². The normalized spacial score (nSPS) is 16.8. The summed E-state index contributed by atoms with van der Waals surface area (Å²) in [6.45, 7) is 1.99. The number of nitrogens with one attached hydrogen (secondary N) is 1. The Hall–Kier alpha value is -2.23. The number of nitrogens with zero attached hydrogens (tertiary/aromatic N) is 1. The van der Waals surface area contributed by atoms with E-state index in [0.717, 1.165) is 41.3 Å². The van der Waals surface area contributed by atoms with Crippen LogP contribution in [0.1, 0.15) is 29.3 Å². The Kier molecular flexibility index (Phi) is 3.69. The fourth-order valence-corrected chi connectivity index (χ4v) is 2.67. The molecule has 21 heavy (non-hydrogen) atoms. The van der Waals surface area contributed by atoms with E-state index in [1.165, 1.54) is 5.56 Å². The molecule has 1 unspecified atom stereocenters. The summed E-state index contributed by atoms with van der Waals surface area (Å²) in [7, 11) is 3.58. The lowest BCUT2D eigenvalue weighted by Crippen LogP contribution is -2.16. The molecule has 0 saturated carbocycles. The third-order valence-corrected chi connectivity index (χ3v) is 3.88. The van der Waals surface area contributed by atoms with Crippen LogP contribution in [0.3, 0.4) is 0 Å². The van der Waals surface area contributed by atoms with Crippen LogP contribution in [0.4, 0.5) is 5.69 Å². The van der Waals surface area contributed by atoms with E-state index >= 15 is 0 Å². The van der Waals surface area contributed by atoms with Crippen molar-refractivity contribution in [2.24, 2.45) is 0 Å². The molecule has 1 aromatic heterocycles. The van der Waals surface area contributed by atoms with Gasteiger partial charge in [0.05, 0.1) is 7.11 Å². The number of aromatic nitrogens is 1. The van der Waals surface area contributed by atoms with Crippen LogP contribution in [-0.2, 0) is 6.42 Å². The first kappa shape index (κ1) is 13.7. The molecule has 0 saturated heterocycles. The van der Waals surface area contributed by atoms with Gasteiger partial charge in [0.1, 0.15) is 6.10 Å². The van der Waals surface area contributed by atoms with Gasteiger partial charge in [0.25, 0.3) is 0 Å². The van der Waals surface area contributed by atoms with Gasteiger partial charge in [-0.1, -0.05) is 6.07 Å². The smallest absolute Gasteiger partial charge is 0.165 e. The Morgan fingerprint density at radius 2 is 2.19 bits per heavy atom. The Morgan fingerprint density at radius 1 is 1.33 bits per heavy atom. The number of methoxy groups -OCH3 is 1. The number of hydrogen-bond acceptors (Lipinski definition) is 4. The van der Waals surface area contributed by atoms with E-state index in [9.17, 15) is 0 Å². The molecule has 1 aliphatic heterocycles. The summed E-state index contributed by atoms with van der Waals surface area (Å²) in [5.74, 6) is 1.63. The Morgan fingerprint density at radius 3 is 2.86 bits per heavy atom. The Labute approximate surface area is 125 Å². The van der Waals surface area contributed by atoms with E-state index in [1.54, 1.807) is 7.11 Å². The molecule has 0 bridgehead atoms. The second-order valence-corrected chi connectivity index (χ2v) is 5.29. The van der Waals surface area contributed by atoms with Crippen molar-refractivity contribution in [2.75, 3.05) is 19.5 Å². The topological polar surface area (TPSA) is 43.4 Å². The van der Waals surface area contributed by atoms with E-state index < -0.39 is 0 Å². The van der Waals surface area contributed by atoms with E-state index in [1.807, 2.05) is 32.3 Å². The molecule has 4 heteroatoms. The second-order valence-electron chi connectivity index (χ2n) is 5.29. The maximum Gasteiger partial charge on any atom is 0.165 e. The van der Waals surface area contributed by atoms with E-state index in [-0.39, 0.29) is 6.10 Å². The summed E-state index contributed by atoms with van der Waals surface area (Å²) in [4.78, 5) is 4.36. The largest absolute Gasteiger partial charge is 0.493 e. The summed E-state index contributed by atoms with van der Waals surface area (Å²) in [5, 5.41) is 3.16. The standard InChI is InChI=1S/C17H20N2O2/c1-11-4-5-13(10-19-11)15-7-6-12-8-14(18-2)9-16(20-3)17(12)21-15/h4-5,8-10,15,18H,6-7H2,1-3H3. The molecule has 0 aliphatic carbocycles. The van der Waals surface area contributed by atoms with Crippen LogP contribution in [0, 0.1) is 6.92 Å². The molecular formula is C17H20N2O2. The van der Waals surface area contributed by atoms with Crippen molar-refractivity contribution in [3.05, 3.63) is 47.3 Å². The van der Waals surface area contributed by atoms with Crippen LogP contribution >= 0.6 is 0 Å². The third-order valence-electron chi connectivity index (χ3n) is 3.88. The first-order chi connectivity index (χ1) is 10.2. The zero-order chi connectivity index (χ0) is 14.8. The maximum atomic E-state index is 6.19. The van der Waals surface area contributed by atoms with Crippen LogP contribution in [0.2, 0.25) is 0 Å². The molecule has 0 radical (unpaired) electrons. The lowest BCUT2D eigenvalue weighted by Gasteiger charge is -2.28. The molecule has 1 aliphatic rings. The van der Waals surface area contributed by atoms with Crippen molar-refractivity contribution in [1.29, 1.82) is 0 Å². The second kappa shape index (κ2) is 5.64. The van der Waals surface area contributed by atoms with E-state index in [4.69, 9.17) is 9.47 Å². The quantitative estimate of drug-likeness (QED) is 0.936. The van der Waals surface area contributed by atoms with Crippen molar-refractivity contribution in [3.8, 4) is 11.5 Å². The highest BCUT2D eigenvalue weighted by Crippen LogP contribution is 2.42. The molecule has 1 aromatic carbocycles. The van der Waals surface area contributed by atoms with Gasteiger partial charge in [-0.05, 0) is 31.9 Å². The van der Waals surface area contributed by atoms with Gasteiger partial charge in [-0.2, -0.15) is 0 Å².